The molecule has 1 aliphatic rings. The second kappa shape index (κ2) is 4.27. The minimum absolute atomic E-state index is 0.0792. The van der Waals surface area contributed by atoms with E-state index in [4.69, 9.17) is 9.47 Å². The summed E-state index contributed by atoms with van der Waals surface area (Å²) in [6.45, 7) is 1.82. The van der Waals surface area contributed by atoms with Crippen LogP contribution in [0.4, 0.5) is 0 Å². The third-order valence-corrected chi connectivity index (χ3v) is 3.78. The molecule has 4 nitrogen and oxygen atoms in total. The number of rotatable bonds is 2. The molecule has 0 radical (unpaired) electrons. The molecule has 0 aliphatic carbocycles. The Morgan fingerprint density at radius 2 is 1.85 bits per heavy atom. The number of benzene rings is 2. The van der Waals surface area contributed by atoms with Gasteiger partial charge in [-0.25, -0.2) is 0 Å². The summed E-state index contributed by atoms with van der Waals surface area (Å²) in [5, 5.41) is 9.48. The normalized spacial score (nSPS) is 20.4. The van der Waals surface area contributed by atoms with E-state index in [2.05, 4.69) is 0 Å². The number of aromatic hydroxyl groups is 1. The summed E-state index contributed by atoms with van der Waals surface area (Å²) in [7, 11) is 1.60. The van der Waals surface area contributed by atoms with E-state index in [1.807, 2.05) is 31.2 Å². The van der Waals surface area contributed by atoms with Crippen LogP contribution in [0.25, 0.3) is 0 Å². The average molecular weight is 270 g/mol. The summed E-state index contributed by atoms with van der Waals surface area (Å²) >= 11 is 0. The van der Waals surface area contributed by atoms with Crippen LogP contribution in [0.5, 0.6) is 17.2 Å². The molecule has 0 fully saturated rings. The molecule has 1 heterocycles. The number of fused-ring (bicyclic) bond motifs is 1. The highest BCUT2D eigenvalue weighted by molar-refractivity contribution is 5.94. The van der Waals surface area contributed by atoms with Crippen LogP contribution in [-0.2, 0) is 10.2 Å². The highest BCUT2D eigenvalue weighted by atomic mass is 16.5. The van der Waals surface area contributed by atoms with Gasteiger partial charge in [-0.3, -0.25) is 4.79 Å². The zero-order valence-electron chi connectivity index (χ0n) is 11.2. The lowest BCUT2D eigenvalue weighted by Gasteiger charge is -2.21. The van der Waals surface area contributed by atoms with Gasteiger partial charge >= 0.3 is 5.97 Å². The van der Waals surface area contributed by atoms with Crippen molar-refractivity contribution in [2.45, 2.75) is 12.3 Å². The SMILES string of the molecule is COc1ccc(C2(C)C(=O)Oc3cc(O)ccc32)cc1. The van der Waals surface area contributed by atoms with Gasteiger partial charge in [-0.05, 0) is 30.7 Å². The van der Waals surface area contributed by atoms with Crippen LogP contribution in [0.3, 0.4) is 0 Å². The fourth-order valence-corrected chi connectivity index (χ4v) is 2.52. The van der Waals surface area contributed by atoms with Crippen LogP contribution < -0.4 is 9.47 Å². The summed E-state index contributed by atoms with van der Waals surface area (Å²) in [6, 6.07) is 12.1. The maximum Gasteiger partial charge on any atom is 0.326 e. The molecule has 2 aromatic carbocycles. The number of hydrogen-bond acceptors (Lipinski definition) is 4. The molecule has 0 saturated heterocycles. The second-order valence-corrected chi connectivity index (χ2v) is 4.92. The van der Waals surface area contributed by atoms with Crippen molar-refractivity contribution >= 4 is 5.97 Å². The minimum atomic E-state index is -0.866. The zero-order chi connectivity index (χ0) is 14.3. The van der Waals surface area contributed by atoms with Crippen LogP contribution in [0.1, 0.15) is 18.1 Å². The molecule has 3 rings (SSSR count). The van der Waals surface area contributed by atoms with Crippen molar-refractivity contribution in [3.63, 3.8) is 0 Å². The largest absolute Gasteiger partial charge is 0.508 e. The van der Waals surface area contributed by atoms with Crippen molar-refractivity contribution in [2.24, 2.45) is 0 Å². The van der Waals surface area contributed by atoms with Crippen molar-refractivity contribution in [1.82, 2.24) is 0 Å². The number of phenolic OH excluding ortho intramolecular Hbond substituents is 1. The first-order chi connectivity index (χ1) is 9.55. The van der Waals surface area contributed by atoms with Crippen molar-refractivity contribution < 1.29 is 19.4 Å². The Balaban J connectivity index is 2.13. The quantitative estimate of drug-likeness (QED) is 0.673. The zero-order valence-corrected chi connectivity index (χ0v) is 11.2. The van der Waals surface area contributed by atoms with Gasteiger partial charge in [-0.2, -0.15) is 0 Å². The van der Waals surface area contributed by atoms with Gasteiger partial charge < -0.3 is 14.6 Å². The Hall–Kier alpha value is -2.49. The van der Waals surface area contributed by atoms with Gasteiger partial charge in [-0.1, -0.05) is 18.2 Å². The van der Waals surface area contributed by atoms with E-state index in [1.54, 1.807) is 19.2 Å². The van der Waals surface area contributed by atoms with Gasteiger partial charge in [-0.15, -0.1) is 0 Å². The fourth-order valence-electron chi connectivity index (χ4n) is 2.52. The van der Waals surface area contributed by atoms with Crippen LogP contribution in [0.2, 0.25) is 0 Å². The Bertz CT molecular complexity index is 675. The topological polar surface area (TPSA) is 55.8 Å². The lowest BCUT2D eigenvalue weighted by molar-refractivity contribution is -0.136. The number of methoxy groups -OCH3 is 1. The van der Waals surface area contributed by atoms with E-state index < -0.39 is 5.41 Å². The van der Waals surface area contributed by atoms with E-state index in [1.165, 1.54) is 6.07 Å². The molecule has 1 unspecified atom stereocenters. The van der Waals surface area contributed by atoms with Crippen LogP contribution in [0, 0.1) is 0 Å². The molecule has 0 saturated carbocycles. The van der Waals surface area contributed by atoms with Crippen LogP contribution >= 0.6 is 0 Å². The van der Waals surface area contributed by atoms with Gasteiger partial charge in [0.2, 0.25) is 0 Å². The fraction of sp³-hybridized carbons (Fsp3) is 0.188. The van der Waals surface area contributed by atoms with E-state index >= 15 is 0 Å². The van der Waals surface area contributed by atoms with Gasteiger partial charge in [0, 0.05) is 11.6 Å². The standard InChI is InChI=1S/C16H14O4/c1-16(10-3-6-12(19-2)7-4-10)13-8-5-11(17)9-14(13)20-15(16)18/h3-9,17H,1-2H3. The molecule has 1 atom stereocenters. The molecule has 0 bridgehead atoms. The van der Waals surface area contributed by atoms with Crippen molar-refractivity contribution in [1.29, 1.82) is 0 Å². The third kappa shape index (κ3) is 1.65. The van der Waals surface area contributed by atoms with E-state index in [9.17, 15) is 9.90 Å². The van der Waals surface area contributed by atoms with Crippen molar-refractivity contribution in [3.8, 4) is 17.2 Å². The molecule has 20 heavy (non-hydrogen) atoms. The summed E-state index contributed by atoms with van der Waals surface area (Å²) in [4.78, 5) is 12.3. The van der Waals surface area contributed by atoms with E-state index in [0.29, 0.717) is 5.75 Å². The molecule has 102 valence electrons. The molecule has 2 aromatic rings. The monoisotopic (exact) mass is 270 g/mol. The van der Waals surface area contributed by atoms with E-state index in [-0.39, 0.29) is 11.7 Å². The molecule has 1 N–H and O–H groups in total. The molecule has 0 aromatic heterocycles. The van der Waals surface area contributed by atoms with Crippen LogP contribution in [0.15, 0.2) is 42.5 Å². The van der Waals surface area contributed by atoms with E-state index in [0.717, 1.165) is 16.9 Å². The molecule has 4 heteroatoms. The van der Waals surface area contributed by atoms with Crippen LogP contribution in [-0.4, -0.2) is 18.2 Å². The highest BCUT2D eigenvalue weighted by Crippen LogP contribution is 2.45. The summed E-state index contributed by atoms with van der Waals surface area (Å²) < 4.78 is 10.4. The Morgan fingerprint density at radius 1 is 1.15 bits per heavy atom. The second-order valence-electron chi connectivity index (χ2n) is 4.92. The van der Waals surface area contributed by atoms with Crippen molar-refractivity contribution in [2.75, 3.05) is 7.11 Å². The average Bonchev–Trinajstić information content (AvgIpc) is 2.71. The first-order valence-electron chi connectivity index (χ1n) is 6.26. The summed E-state index contributed by atoms with van der Waals surface area (Å²) in [5.41, 5.74) is 0.716. The predicted octanol–water partition coefficient (Wildman–Crippen LogP) is 2.63. The van der Waals surface area contributed by atoms with Gasteiger partial charge in [0.1, 0.15) is 22.7 Å². The lowest BCUT2D eigenvalue weighted by Crippen LogP contribution is -2.31. The molecule has 0 spiro atoms. The predicted molar refractivity (Wildman–Crippen MR) is 73.2 cm³/mol. The molecule has 1 aliphatic heterocycles. The smallest absolute Gasteiger partial charge is 0.326 e. The number of phenols is 1. The third-order valence-electron chi connectivity index (χ3n) is 3.78. The maximum absolute atomic E-state index is 12.3. The van der Waals surface area contributed by atoms with Gasteiger partial charge in [0.25, 0.3) is 0 Å². The Kier molecular flexibility index (Phi) is 2.67. The Morgan fingerprint density at radius 3 is 2.50 bits per heavy atom. The summed E-state index contributed by atoms with van der Waals surface area (Å²) in [6.07, 6.45) is 0. The first kappa shape index (κ1) is 12.5. The first-order valence-corrected chi connectivity index (χ1v) is 6.26. The number of carbonyl (C=O) groups excluding carboxylic acids is 1. The molecule has 0 amide bonds. The van der Waals surface area contributed by atoms with Gasteiger partial charge in [0.15, 0.2) is 0 Å². The number of hydrogen-bond donors (Lipinski definition) is 1. The maximum atomic E-state index is 12.3. The molecular formula is C16H14O4. The number of carbonyl (C=O) groups is 1. The lowest BCUT2D eigenvalue weighted by atomic mass is 9.77. The highest BCUT2D eigenvalue weighted by Gasteiger charge is 2.46. The Labute approximate surface area is 116 Å². The minimum Gasteiger partial charge on any atom is -0.508 e. The molecular weight excluding hydrogens is 256 g/mol. The van der Waals surface area contributed by atoms with Crippen molar-refractivity contribution in [3.05, 3.63) is 53.6 Å². The summed E-state index contributed by atoms with van der Waals surface area (Å²) in [5.74, 6) is 0.877. The van der Waals surface area contributed by atoms with Gasteiger partial charge in [0.05, 0.1) is 7.11 Å². The number of esters is 1. The number of ether oxygens (including phenoxy) is 2.